The standard InChI is InChI=1S/C16H17FN2O2/c1-9-7-15(12(10(2)18)8-13(9)17)21-14-6-4-3-5-11(14)16(19)20/h3-8,10H,18H2,1-2H3,(H2,19,20)/t10-/m1/s1. The number of carbonyl (C=O) groups is 1. The predicted molar refractivity (Wildman–Crippen MR) is 78.8 cm³/mol. The lowest BCUT2D eigenvalue weighted by Gasteiger charge is -2.16. The summed E-state index contributed by atoms with van der Waals surface area (Å²) in [6, 6.07) is 9.12. The van der Waals surface area contributed by atoms with Crippen LogP contribution in [-0.2, 0) is 0 Å². The van der Waals surface area contributed by atoms with Crippen molar-refractivity contribution in [2.24, 2.45) is 11.5 Å². The van der Waals surface area contributed by atoms with Crippen LogP contribution in [0.5, 0.6) is 11.5 Å². The molecule has 0 aliphatic rings. The van der Waals surface area contributed by atoms with E-state index < -0.39 is 11.9 Å². The van der Waals surface area contributed by atoms with Gasteiger partial charge in [0, 0.05) is 11.6 Å². The second-order valence-electron chi connectivity index (χ2n) is 4.89. The molecular formula is C16H17FN2O2. The first-order valence-electron chi connectivity index (χ1n) is 6.52. The summed E-state index contributed by atoms with van der Waals surface area (Å²) in [6.45, 7) is 3.37. The van der Waals surface area contributed by atoms with Crippen LogP contribution < -0.4 is 16.2 Å². The molecule has 2 aromatic rings. The molecule has 0 saturated heterocycles. The zero-order chi connectivity index (χ0) is 15.6. The van der Waals surface area contributed by atoms with Gasteiger partial charge in [0.15, 0.2) is 0 Å². The maximum Gasteiger partial charge on any atom is 0.252 e. The van der Waals surface area contributed by atoms with E-state index in [0.29, 0.717) is 22.6 Å². The van der Waals surface area contributed by atoms with Crippen molar-refractivity contribution < 1.29 is 13.9 Å². The van der Waals surface area contributed by atoms with Crippen molar-refractivity contribution in [2.75, 3.05) is 0 Å². The van der Waals surface area contributed by atoms with E-state index in [9.17, 15) is 9.18 Å². The minimum atomic E-state index is -0.591. The molecule has 110 valence electrons. The molecule has 0 spiro atoms. The first-order chi connectivity index (χ1) is 9.90. The van der Waals surface area contributed by atoms with E-state index in [2.05, 4.69) is 0 Å². The fraction of sp³-hybridized carbons (Fsp3) is 0.188. The van der Waals surface area contributed by atoms with Crippen molar-refractivity contribution >= 4 is 5.91 Å². The second-order valence-corrected chi connectivity index (χ2v) is 4.89. The normalized spacial score (nSPS) is 12.0. The van der Waals surface area contributed by atoms with Gasteiger partial charge in [0.25, 0.3) is 5.91 Å². The Kier molecular flexibility index (Phi) is 4.23. The van der Waals surface area contributed by atoms with E-state index in [1.807, 2.05) is 0 Å². The van der Waals surface area contributed by atoms with Crippen LogP contribution in [0.2, 0.25) is 0 Å². The van der Waals surface area contributed by atoms with Crippen molar-refractivity contribution in [2.45, 2.75) is 19.9 Å². The van der Waals surface area contributed by atoms with Crippen LogP contribution in [0.25, 0.3) is 0 Å². The number of amides is 1. The summed E-state index contributed by atoms with van der Waals surface area (Å²) < 4.78 is 19.4. The third-order valence-corrected chi connectivity index (χ3v) is 3.15. The zero-order valence-electron chi connectivity index (χ0n) is 11.9. The number of hydrogen-bond acceptors (Lipinski definition) is 3. The first-order valence-corrected chi connectivity index (χ1v) is 6.52. The summed E-state index contributed by atoms with van der Waals surface area (Å²) in [7, 11) is 0. The Morgan fingerprint density at radius 3 is 2.52 bits per heavy atom. The Morgan fingerprint density at radius 2 is 1.90 bits per heavy atom. The average molecular weight is 288 g/mol. The molecule has 21 heavy (non-hydrogen) atoms. The monoisotopic (exact) mass is 288 g/mol. The lowest BCUT2D eigenvalue weighted by atomic mass is 10.0. The van der Waals surface area contributed by atoms with Gasteiger partial charge in [-0.3, -0.25) is 4.79 Å². The van der Waals surface area contributed by atoms with E-state index in [1.165, 1.54) is 6.07 Å². The van der Waals surface area contributed by atoms with Crippen LogP contribution in [0.1, 0.15) is 34.5 Å². The Balaban J connectivity index is 2.49. The van der Waals surface area contributed by atoms with Crippen molar-refractivity contribution in [3.8, 4) is 11.5 Å². The molecule has 5 heteroatoms. The van der Waals surface area contributed by atoms with Gasteiger partial charge in [0.05, 0.1) is 5.56 Å². The largest absolute Gasteiger partial charge is 0.456 e. The van der Waals surface area contributed by atoms with E-state index in [-0.39, 0.29) is 11.4 Å². The van der Waals surface area contributed by atoms with Crippen molar-refractivity contribution in [1.82, 2.24) is 0 Å². The second kappa shape index (κ2) is 5.93. The van der Waals surface area contributed by atoms with Gasteiger partial charge >= 0.3 is 0 Å². The first kappa shape index (κ1) is 15.0. The molecule has 1 atom stereocenters. The van der Waals surface area contributed by atoms with Crippen molar-refractivity contribution in [1.29, 1.82) is 0 Å². The van der Waals surface area contributed by atoms with E-state index in [0.717, 1.165) is 0 Å². The number of hydrogen-bond donors (Lipinski definition) is 2. The minimum absolute atomic E-state index is 0.259. The fourth-order valence-corrected chi connectivity index (χ4v) is 1.99. The molecule has 2 rings (SSSR count). The number of ether oxygens (including phenoxy) is 1. The number of benzene rings is 2. The molecule has 0 unspecified atom stereocenters. The maximum atomic E-state index is 13.7. The molecule has 0 aliphatic carbocycles. The molecule has 2 aromatic carbocycles. The molecule has 0 heterocycles. The van der Waals surface area contributed by atoms with Crippen LogP contribution >= 0.6 is 0 Å². The molecule has 0 bridgehead atoms. The van der Waals surface area contributed by atoms with E-state index in [1.54, 1.807) is 44.2 Å². The topological polar surface area (TPSA) is 78.3 Å². The smallest absolute Gasteiger partial charge is 0.252 e. The molecule has 4 N–H and O–H groups in total. The quantitative estimate of drug-likeness (QED) is 0.907. The lowest BCUT2D eigenvalue weighted by Crippen LogP contribution is -2.13. The van der Waals surface area contributed by atoms with E-state index >= 15 is 0 Å². The van der Waals surface area contributed by atoms with Crippen LogP contribution in [-0.4, -0.2) is 5.91 Å². The highest BCUT2D eigenvalue weighted by Crippen LogP contribution is 2.32. The minimum Gasteiger partial charge on any atom is -0.456 e. The predicted octanol–water partition coefficient (Wildman–Crippen LogP) is 3.05. The number of carbonyl (C=O) groups excluding carboxylic acids is 1. The summed E-state index contributed by atoms with van der Waals surface area (Å²) in [6.07, 6.45) is 0. The molecule has 1 amide bonds. The van der Waals surface area contributed by atoms with E-state index in [4.69, 9.17) is 16.2 Å². The molecule has 4 nitrogen and oxygen atoms in total. The van der Waals surface area contributed by atoms with Gasteiger partial charge in [-0.25, -0.2) is 4.39 Å². The Bertz CT molecular complexity index is 684. The molecule has 0 fully saturated rings. The highest BCUT2D eigenvalue weighted by atomic mass is 19.1. The molecule has 0 radical (unpaired) electrons. The summed E-state index contributed by atoms with van der Waals surface area (Å²) >= 11 is 0. The summed E-state index contributed by atoms with van der Waals surface area (Å²) in [5, 5.41) is 0. The Labute approximate surface area is 122 Å². The lowest BCUT2D eigenvalue weighted by molar-refractivity contribution is 0.0998. The number of para-hydroxylation sites is 1. The Morgan fingerprint density at radius 1 is 1.24 bits per heavy atom. The number of halogens is 1. The summed E-state index contributed by atoms with van der Waals surface area (Å²) in [5.74, 6) is -0.208. The third kappa shape index (κ3) is 3.20. The highest BCUT2D eigenvalue weighted by Gasteiger charge is 2.15. The van der Waals surface area contributed by atoms with Gasteiger partial charge < -0.3 is 16.2 Å². The number of aryl methyl sites for hydroxylation is 1. The van der Waals surface area contributed by atoms with Crippen molar-refractivity contribution in [3.05, 3.63) is 58.9 Å². The van der Waals surface area contributed by atoms with Gasteiger partial charge in [-0.1, -0.05) is 12.1 Å². The zero-order valence-corrected chi connectivity index (χ0v) is 11.9. The SMILES string of the molecule is Cc1cc(Oc2ccccc2C(N)=O)c([C@@H](C)N)cc1F. The van der Waals surface area contributed by atoms with Gasteiger partial charge in [0.2, 0.25) is 0 Å². The van der Waals surface area contributed by atoms with Crippen molar-refractivity contribution in [3.63, 3.8) is 0 Å². The van der Waals surface area contributed by atoms with Crippen LogP contribution in [0.4, 0.5) is 4.39 Å². The van der Waals surface area contributed by atoms with Crippen LogP contribution in [0, 0.1) is 12.7 Å². The molecule has 0 aliphatic heterocycles. The molecule has 0 saturated carbocycles. The molecule has 0 aromatic heterocycles. The number of nitrogens with two attached hydrogens (primary N) is 2. The number of rotatable bonds is 4. The van der Waals surface area contributed by atoms with Gasteiger partial charge in [0.1, 0.15) is 17.3 Å². The van der Waals surface area contributed by atoms with Gasteiger partial charge in [-0.2, -0.15) is 0 Å². The summed E-state index contributed by atoms with van der Waals surface area (Å²) in [4.78, 5) is 11.4. The number of primary amides is 1. The molecular weight excluding hydrogens is 271 g/mol. The Hall–Kier alpha value is -2.40. The summed E-state index contributed by atoms with van der Waals surface area (Å²) in [5.41, 5.74) is 12.4. The third-order valence-electron chi connectivity index (χ3n) is 3.15. The van der Waals surface area contributed by atoms with Gasteiger partial charge in [-0.05, 0) is 43.7 Å². The van der Waals surface area contributed by atoms with Crippen LogP contribution in [0.15, 0.2) is 36.4 Å². The maximum absolute atomic E-state index is 13.7. The van der Waals surface area contributed by atoms with Gasteiger partial charge in [-0.15, -0.1) is 0 Å². The average Bonchev–Trinajstić information content (AvgIpc) is 2.42. The van der Waals surface area contributed by atoms with Crippen LogP contribution in [0.3, 0.4) is 0 Å². The fourth-order valence-electron chi connectivity index (χ4n) is 1.99. The highest BCUT2D eigenvalue weighted by molar-refractivity contribution is 5.95.